The Bertz CT molecular complexity index is 382. The van der Waals surface area contributed by atoms with Crippen molar-refractivity contribution in [3.63, 3.8) is 0 Å². The van der Waals surface area contributed by atoms with Crippen LogP contribution in [0.5, 0.6) is 0 Å². The fourth-order valence-corrected chi connectivity index (χ4v) is 2.28. The van der Waals surface area contributed by atoms with E-state index in [-0.39, 0.29) is 6.09 Å². The van der Waals surface area contributed by atoms with Gasteiger partial charge in [-0.05, 0) is 12.0 Å². The van der Waals surface area contributed by atoms with Crippen LogP contribution in [0.4, 0.5) is 4.79 Å². The first-order valence-corrected chi connectivity index (χ1v) is 9.39. The molecule has 0 radical (unpaired) electrons. The Morgan fingerprint density at radius 1 is 0.917 bits per heavy atom. The third-order valence-corrected chi connectivity index (χ3v) is 3.27. The van der Waals surface area contributed by atoms with Gasteiger partial charge in [0.25, 0.3) is 0 Å². The van der Waals surface area contributed by atoms with Gasteiger partial charge in [-0.15, -0.1) is 0 Å². The molecule has 1 saturated heterocycles. The van der Waals surface area contributed by atoms with Crippen LogP contribution in [0.1, 0.15) is 53.5 Å². The smallest absolute Gasteiger partial charge is 0.409 e. The Labute approximate surface area is 149 Å². The van der Waals surface area contributed by atoms with Crippen molar-refractivity contribution in [2.45, 2.75) is 54.5 Å². The molecule has 0 unspecified atom stereocenters. The van der Waals surface area contributed by atoms with Gasteiger partial charge >= 0.3 is 6.09 Å². The molecule has 1 aromatic rings. The zero-order valence-electron chi connectivity index (χ0n) is 16.8. The minimum atomic E-state index is -0.212. The van der Waals surface area contributed by atoms with Crippen LogP contribution in [0.2, 0.25) is 0 Å². The summed E-state index contributed by atoms with van der Waals surface area (Å²) in [7, 11) is 1.44. The maximum atomic E-state index is 11.5. The molecule has 0 spiro atoms. The van der Waals surface area contributed by atoms with Crippen molar-refractivity contribution in [1.82, 2.24) is 9.80 Å². The Morgan fingerprint density at radius 3 is 2.04 bits per heavy atom. The molecule has 1 fully saturated rings. The number of hydrogen-bond acceptors (Lipinski definition) is 3. The van der Waals surface area contributed by atoms with Crippen molar-refractivity contribution in [1.29, 1.82) is 0 Å². The van der Waals surface area contributed by atoms with E-state index in [1.165, 1.54) is 12.7 Å². The van der Waals surface area contributed by atoms with Crippen molar-refractivity contribution < 1.29 is 9.53 Å². The molecule has 0 aliphatic carbocycles. The lowest BCUT2D eigenvalue weighted by Gasteiger charge is -2.21. The SMILES string of the molecule is CC.CC.CC.COC(=O)N1CCCN(Cc2ccccc2)CC1. The average molecular weight is 339 g/mol. The summed E-state index contributed by atoms with van der Waals surface area (Å²) in [5.41, 5.74) is 1.32. The van der Waals surface area contributed by atoms with E-state index >= 15 is 0 Å². The van der Waals surface area contributed by atoms with Crippen LogP contribution in [-0.4, -0.2) is 49.2 Å². The molecular weight excluding hydrogens is 300 g/mol. The molecule has 1 aliphatic rings. The van der Waals surface area contributed by atoms with Gasteiger partial charge in [0.15, 0.2) is 0 Å². The van der Waals surface area contributed by atoms with Gasteiger partial charge in [-0.1, -0.05) is 71.9 Å². The molecule has 0 atom stereocenters. The summed E-state index contributed by atoms with van der Waals surface area (Å²) in [6.45, 7) is 16.4. The molecule has 0 aromatic heterocycles. The Morgan fingerprint density at radius 2 is 1.50 bits per heavy atom. The highest BCUT2D eigenvalue weighted by Crippen LogP contribution is 2.09. The minimum Gasteiger partial charge on any atom is -0.453 e. The molecular formula is C20H38N2O2. The van der Waals surface area contributed by atoms with Gasteiger partial charge in [0.05, 0.1) is 7.11 Å². The van der Waals surface area contributed by atoms with Crippen molar-refractivity contribution in [2.75, 3.05) is 33.3 Å². The maximum absolute atomic E-state index is 11.5. The quantitative estimate of drug-likeness (QED) is 0.757. The normalized spacial score (nSPS) is 13.7. The summed E-state index contributed by atoms with van der Waals surface area (Å²) < 4.78 is 4.77. The summed E-state index contributed by atoms with van der Waals surface area (Å²) in [5.74, 6) is 0. The van der Waals surface area contributed by atoms with Gasteiger partial charge in [-0.2, -0.15) is 0 Å². The second-order valence-corrected chi connectivity index (χ2v) is 4.57. The van der Waals surface area contributed by atoms with Crippen LogP contribution < -0.4 is 0 Å². The van der Waals surface area contributed by atoms with E-state index in [0.717, 1.165) is 39.1 Å². The Hall–Kier alpha value is -1.55. The molecule has 2 rings (SSSR count). The summed E-state index contributed by atoms with van der Waals surface area (Å²) in [6, 6.07) is 10.4. The zero-order chi connectivity index (χ0) is 18.8. The van der Waals surface area contributed by atoms with E-state index in [0.29, 0.717) is 0 Å². The van der Waals surface area contributed by atoms with E-state index in [1.54, 1.807) is 4.90 Å². The molecule has 0 saturated carbocycles. The fourth-order valence-electron chi connectivity index (χ4n) is 2.28. The number of benzene rings is 1. The molecule has 0 N–H and O–H groups in total. The van der Waals surface area contributed by atoms with Crippen LogP contribution in [0.15, 0.2) is 30.3 Å². The van der Waals surface area contributed by atoms with E-state index in [4.69, 9.17) is 4.74 Å². The highest BCUT2D eigenvalue weighted by atomic mass is 16.5. The first-order valence-electron chi connectivity index (χ1n) is 9.39. The predicted molar refractivity (Wildman–Crippen MR) is 104 cm³/mol. The van der Waals surface area contributed by atoms with Gasteiger partial charge in [-0.3, -0.25) is 4.90 Å². The maximum Gasteiger partial charge on any atom is 0.409 e. The summed E-state index contributed by atoms with van der Waals surface area (Å²) >= 11 is 0. The van der Waals surface area contributed by atoms with Gasteiger partial charge in [0, 0.05) is 32.7 Å². The van der Waals surface area contributed by atoms with Gasteiger partial charge in [-0.25, -0.2) is 4.79 Å². The van der Waals surface area contributed by atoms with E-state index < -0.39 is 0 Å². The van der Waals surface area contributed by atoms with Crippen LogP contribution >= 0.6 is 0 Å². The summed E-state index contributed by atoms with van der Waals surface area (Å²) in [4.78, 5) is 15.6. The molecule has 1 aromatic carbocycles. The second-order valence-electron chi connectivity index (χ2n) is 4.57. The van der Waals surface area contributed by atoms with Gasteiger partial charge in [0.1, 0.15) is 0 Å². The highest BCUT2D eigenvalue weighted by Gasteiger charge is 2.19. The van der Waals surface area contributed by atoms with E-state index in [9.17, 15) is 4.79 Å². The molecule has 1 heterocycles. The topological polar surface area (TPSA) is 32.8 Å². The van der Waals surface area contributed by atoms with Gasteiger partial charge in [0.2, 0.25) is 0 Å². The molecule has 4 nitrogen and oxygen atoms in total. The lowest BCUT2D eigenvalue weighted by Crippen LogP contribution is -2.34. The van der Waals surface area contributed by atoms with Crippen molar-refractivity contribution in [3.05, 3.63) is 35.9 Å². The minimum absolute atomic E-state index is 0.212. The monoisotopic (exact) mass is 338 g/mol. The van der Waals surface area contributed by atoms with Crippen LogP contribution in [0.25, 0.3) is 0 Å². The number of carbonyl (C=O) groups excluding carboxylic acids is 1. The molecule has 140 valence electrons. The molecule has 1 amide bonds. The number of carbonyl (C=O) groups is 1. The molecule has 1 aliphatic heterocycles. The van der Waals surface area contributed by atoms with Gasteiger partial charge < -0.3 is 9.64 Å². The first kappa shape index (κ1) is 24.7. The molecule has 24 heavy (non-hydrogen) atoms. The fraction of sp³-hybridized carbons (Fsp3) is 0.650. The summed E-state index contributed by atoms with van der Waals surface area (Å²) in [5, 5.41) is 0. The number of hydrogen-bond donors (Lipinski definition) is 0. The standard InChI is InChI=1S/C14H20N2O2.3C2H6/c1-18-14(17)16-9-5-8-15(10-11-16)12-13-6-3-2-4-7-13;3*1-2/h2-4,6-7H,5,8-12H2,1H3;3*1-2H3. The van der Waals surface area contributed by atoms with Crippen molar-refractivity contribution in [3.8, 4) is 0 Å². The van der Waals surface area contributed by atoms with Crippen molar-refractivity contribution in [2.24, 2.45) is 0 Å². The van der Waals surface area contributed by atoms with Crippen LogP contribution in [0.3, 0.4) is 0 Å². The first-order chi connectivity index (χ1) is 11.8. The third-order valence-electron chi connectivity index (χ3n) is 3.27. The Kier molecular flexibility index (Phi) is 18.3. The lowest BCUT2D eigenvalue weighted by molar-refractivity contribution is 0.124. The largest absolute Gasteiger partial charge is 0.453 e. The molecule has 4 heteroatoms. The lowest BCUT2D eigenvalue weighted by atomic mass is 10.2. The number of amides is 1. The predicted octanol–water partition coefficient (Wildman–Crippen LogP) is 5.04. The Balaban J connectivity index is 0. The van der Waals surface area contributed by atoms with E-state index in [1.807, 2.05) is 47.6 Å². The molecule has 0 bridgehead atoms. The third kappa shape index (κ3) is 10.3. The van der Waals surface area contributed by atoms with Crippen LogP contribution in [0, 0.1) is 0 Å². The highest BCUT2D eigenvalue weighted by molar-refractivity contribution is 5.67. The van der Waals surface area contributed by atoms with Crippen molar-refractivity contribution >= 4 is 6.09 Å². The summed E-state index contributed by atoms with van der Waals surface area (Å²) in [6.07, 6.45) is 0.790. The second kappa shape index (κ2) is 17.8. The number of rotatable bonds is 2. The van der Waals surface area contributed by atoms with E-state index in [2.05, 4.69) is 29.2 Å². The van der Waals surface area contributed by atoms with Crippen LogP contribution in [-0.2, 0) is 11.3 Å². The number of nitrogens with zero attached hydrogens (tertiary/aromatic N) is 2. The zero-order valence-corrected chi connectivity index (χ0v) is 16.8. The number of methoxy groups -OCH3 is 1. The average Bonchev–Trinajstić information content (AvgIpc) is 2.92. The number of ether oxygens (including phenoxy) is 1.